The van der Waals surface area contributed by atoms with E-state index in [4.69, 9.17) is 4.74 Å². The Kier molecular flexibility index (Phi) is 8.51. The topological polar surface area (TPSA) is 36.0 Å². The van der Waals surface area contributed by atoms with Crippen LogP contribution in [0.2, 0.25) is 0 Å². The van der Waals surface area contributed by atoms with E-state index >= 15 is 0 Å². The molecule has 2 aliphatic rings. The van der Waals surface area contributed by atoms with Gasteiger partial charge in [0, 0.05) is 63.0 Å². The van der Waals surface area contributed by atoms with Crippen LogP contribution in [0, 0.1) is 11.7 Å². The van der Waals surface area contributed by atoms with E-state index in [9.17, 15) is 22.4 Å². The summed E-state index contributed by atoms with van der Waals surface area (Å²) in [5, 5.41) is 0. The lowest BCUT2D eigenvalue weighted by atomic mass is 9.86. The van der Waals surface area contributed by atoms with E-state index in [1.165, 1.54) is 25.3 Å². The van der Waals surface area contributed by atoms with Crippen molar-refractivity contribution in [1.82, 2.24) is 9.80 Å². The number of esters is 1. The fourth-order valence-electron chi connectivity index (χ4n) is 5.47. The first-order chi connectivity index (χ1) is 17.2. The third kappa shape index (κ3) is 6.56. The number of halogens is 4. The molecule has 2 aromatic carbocycles. The lowest BCUT2D eigenvalue weighted by Crippen LogP contribution is -2.56. The second kappa shape index (κ2) is 11.6. The van der Waals surface area contributed by atoms with Gasteiger partial charge >= 0.3 is 12.1 Å². The minimum Gasteiger partial charge on any atom is -0.469 e. The number of rotatable bonds is 7. The van der Waals surface area contributed by atoms with Crippen molar-refractivity contribution in [2.24, 2.45) is 5.92 Å². The van der Waals surface area contributed by atoms with Gasteiger partial charge in [-0.25, -0.2) is 4.39 Å². The molecule has 0 amide bonds. The molecule has 4 rings (SSSR count). The average molecular weight is 508 g/mol. The Morgan fingerprint density at radius 2 is 1.78 bits per heavy atom. The first-order valence-electron chi connectivity index (χ1n) is 12.4. The molecule has 2 atom stereocenters. The summed E-state index contributed by atoms with van der Waals surface area (Å²) < 4.78 is 58.5. The summed E-state index contributed by atoms with van der Waals surface area (Å²) in [5.41, 5.74) is 0.622. The molecule has 2 aromatic rings. The van der Waals surface area contributed by atoms with Gasteiger partial charge in [-0.15, -0.1) is 0 Å². The zero-order valence-corrected chi connectivity index (χ0v) is 20.5. The summed E-state index contributed by atoms with van der Waals surface area (Å²) in [6, 6.07) is 12.6. The predicted octanol–water partition coefficient (Wildman–Crippen LogP) is 4.81. The van der Waals surface area contributed by atoms with Gasteiger partial charge in [-0.2, -0.15) is 13.2 Å². The molecule has 2 aliphatic heterocycles. The van der Waals surface area contributed by atoms with Gasteiger partial charge in [0.2, 0.25) is 0 Å². The van der Waals surface area contributed by atoms with Gasteiger partial charge in [0.25, 0.3) is 0 Å². The van der Waals surface area contributed by atoms with Crippen molar-refractivity contribution in [1.29, 1.82) is 0 Å². The van der Waals surface area contributed by atoms with Crippen LogP contribution in [0.4, 0.5) is 23.2 Å². The SMILES string of the molecule is COC(=O)CC[C@H]1CN(Cc2ccccc2F)CC[C@H]1N1CCN(c2cccc(C(F)(F)F)c2)CC1. The fraction of sp³-hybridized carbons (Fsp3) is 0.519. The van der Waals surface area contributed by atoms with Crippen molar-refractivity contribution in [3.05, 3.63) is 65.5 Å². The summed E-state index contributed by atoms with van der Waals surface area (Å²) in [6.45, 7) is 4.86. The summed E-state index contributed by atoms with van der Waals surface area (Å²) in [7, 11) is 1.39. The summed E-state index contributed by atoms with van der Waals surface area (Å²) in [5.74, 6) is -0.240. The van der Waals surface area contributed by atoms with E-state index in [0.29, 0.717) is 43.7 Å². The van der Waals surface area contributed by atoms with Crippen molar-refractivity contribution in [3.8, 4) is 0 Å². The van der Waals surface area contributed by atoms with Crippen LogP contribution in [-0.2, 0) is 22.3 Å². The average Bonchev–Trinajstić information content (AvgIpc) is 2.88. The number of likely N-dealkylation sites (tertiary alicyclic amines) is 1. The number of piperidine rings is 1. The molecular formula is C27H33F4N3O2. The normalized spacial score (nSPS) is 22.0. The third-order valence-corrected chi connectivity index (χ3v) is 7.40. The molecule has 5 nitrogen and oxygen atoms in total. The third-order valence-electron chi connectivity index (χ3n) is 7.40. The van der Waals surface area contributed by atoms with E-state index in [2.05, 4.69) is 9.80 Å². The van der Waals surface area contributed by atoms with Crippen LogP contribution in [0.15, 0.2) is 48.5 Å². The minimum atomic E-state index is -4.36. The van der Waals surface area contributed by atoms with Gasteiger partial charge in [-0.1, -0.05) is 24.3 Å². The highest BCUT2D eigenvalue weighted by Crippen LogP contribution is 2.33. The molecular weight excluding hydrogens is 474 g/mol. The second-order valence-electron chi connectivity index (χ2n) is 9.63. The van der Waals surface area contributed by atoms with E-state index in [1.807, 2.05) is 11.0 Å². The molecule has 0 bridgehead atoms. The van der Waals surface area contributed by atoms with E-state index in [0.717, 1.165) is 38.7 Å². The highest BCUT2D eigenvalue weighted by Gasteiger charge is 2.36. The van der Waals surface area contributed by atoms with Crippen molar-refractivity contribution in [3.63, 3.8) is 0 Å². The summed E-state index contributed by atoms with van der Waals surface area (Å²) in [6.07, 6.45) is -2.46. The monoisotopic (exact) mass is 507 g/mol. The Hall–Kier alpha value is -2.65. The number of carbonyl (C=O) groups excluding carboxylic acids is 1. The van der Waals surface area contributed by atoms with Crippen LogP contribution < -0.4 is 4.90 Å². The zero-order chi connectivity index (χ0) is 25.7. The number of ether oxygens (including phenoxy) is 1. The molecule has 0 unspecified atom stereocenters. The number of hydrogen-bond donors (Lipinski definition) is 0. The number of alkyl halides is 3. The van der Waals surface area contributed by atoms with Crippen molar-refractivity contribution >= 4 is 11.7 Å². The number of methoxy groups -OCH3 is 1. The molecule has 0 spiro atoms. The lowest BCUT2D eigenvalue weighted by Gasteiger charge is -2.47. The molecule has 36 heavy (non-hydrogen) atoms. The first kappa shape index (κ1) is 26.4. The zero-order valence-electron chi connectivity index (χ0n) is 20.5. The molecule has 0 radical (unpaired) electrons. The van der Waals surface area contributed by atoms with Gasteiger partial charge in [-0.3, -0.25) is 14.6 Å². The van der Waals surface area contributed by atoms with Gasteiger partial charge < -0.3 is 9.64 Å². The van der Waals surface area contributed by atoms with Crippen LogP contribution in [0.5, 0.6) is 0 Å². The Labute approximate surface area is 209 Å². The molecule has 2 fully saturated rings. The van der Waals surface area contributed by atoms with Crippen molar-refractivity contribution in [2.45, 2.75) is 38.0 Å². The number of hydrogen-bond acceptors (Lipinski definition) is 5. The number of carbonyl (C=O) groups is 1. The molecule has 0 N–H and O–H groups in total. The molecule has 0 aliphatic carbocycles. The second-order valence-corrected chi connectivity index (χ2v) is 9.63. The Morgan fingerprint density at radius 1 is 1.03 bits per heavy atom. The number of anilines is 1. The van der Waals surface area contributed by atoms with Crippen LogP contribution in [0.25, 0.3) is 0 Å². The maximum atomic E-state index is 14.2. The molecule has 2 saturated heterocycles. The van der Waals surface area contributed by atoms with Crippen LogP contribution in [-0.4, -0.2) is 68.2 Å². The molecule has 2 heterocycles. The largest absolute Gasteiger partial charge is 0.469 e. The van der Waals surface area contributed by atoms with Gasteiger partial charge in [0.05, 0.1) is 12.7 Å². The fourth-order valence-corrected chi connectivity index (χ4v) is 5.47. The van der Waals surface area contributed by atoms with Crippen molar-refractivity contribution < 1.29 is 27.1 Å². The van der Waals surface area contributed by atoms with Crippen LogP contribution in [0.1, 0.15) is 30.4 Å². The summed E-state index contributed by atoms with van der Waals surface area (Å²) >= 11 is 0. The summed E-state index contributed by atoms with van der Waals surface area (Å²) in [4.78, 5) is 18.5. The minimum absolute atomic E-state index is 0.212. The van der Waals surface area contributed by atoms with Gasteiger partial charge in [0.15, 0.2) is 0 Å². The lowest BCUT2D eigenvalue weighted by molar-refractivity contribution is -0.141. The smallest absolute Gasteiger partial charge is 0.416 e. The molecule has 0 saturated carbocycles. The Morgan fingerprint density at radius 3 is 2.47 bits per heavy atom. The van der Waals surface area contributed by atoms with Crippen molar-refractivity contribution in [2.75, 3.05) is 51.3 Å². The van der Waals surface area contributed by atoms with Gasteiger partial charge in [-0.05, 0) is 49.6 Å². The number of nitrogens with zero attached hydrogens (tertiary/aromatic N) is 3. The van der Waals surface area contributed by atoms with Crippen LogP contribution in [0.3, 0.4) is 0 Å². The number of benzene rings is 2. The van der Waals surface area contributed by atoms with E-state index < -0.39 is 11.7 Å². The number of piperazine rings is 1. The maximum Gasteiger partial charge on any atom is 0.416 e. The highest BCUT2D eigenvalue weighted by atomic mass is 19.4. The van der Waals surface area contributed by atoms with E-state index in [1.54, 1.807) is 18.2 Å². The van der Waals surface area contributed by atoms with Crippen LogP contribution >= 0.6 is 0 Å². The Bertz CT molecular complexity index is 1020. The molecule has 9 heteroatoms. The quantitative estimate of drug-likeness (QED) is 0.397. The Balaban J connectivity index is 1.40. The standard InChI is InChI=1S/C27H33F4N3O2/c1-36-26(35)10-9-21-19-32(18-20-5-2-3-8-24(20)28)12-11-25(21)34-15-13-33(14-16-34)23-7-4-6-22(17-23)27(29,30)31/h2-8,17,21,25H,9-16,18-19H2,1H3/t21-,25+/m0/s1. The van der Waals surface area contributed by atoms with E-state index in [-0.39, 0.29) is 23.7 Å². The molecule has 0 aromatic heterocycles. The highest BCUT2D eigenvalue weighted by molar-refractivity contribution is 5.69. The molecule has 196 valence electrons. The first-order valence-corrected chi connectivity index (χ1v) is 12.4. The maximum absolute atomic E-state index is 14.2. The predicted molar refractivity (Wildman–Crippen MR) is 130 cm³/mol. The van der Waals surface area contributed by atoms with Gasteiger partial charge in [0.1, 0.15) is 5.82 Å².